The van der Waals surface area contributed by atoms with Crippen molar-refractivity contribution in [3.8, 4) is 0 Å². The van der Waals surface area contributed by atoms with E-state index in [0.717, 1.165) is 24.1 Å². The van der Waals surface area contributed by atoms with E-state index in [1.807, 2.05) is 13.8 Å². The summed E-state index contributed by atoms with van der Waals surface area (Å²) in [5.41, 5.74) is 7.68. The summed E-state index contributed by atoms with van der Waals surface area (Å²) >= 11 is 0. The standard InChI is InChI=1S/C11H19N3O/c1-5-6-9(15-4)11-13-8(3)7(2)10(12)14-11/h9H,5-6H2,1-4H3,(H2,12,13,14). The second-order valence-corrected chi connectivity index (χ2v) is 3.69. The largest absolute Gasteiger partial charge is 0.383 e. The Bertz CT molecular complexity index is 316. The van der Waals surface area contributed by atoms with Crippen LogP contribution in [0.2, 0.25) is 0 Å². The molecule has 0 amide bonds. The van der Waals surface area contributed by atoms with Crippen LogP contribution in [-0.2, 0) is 4.74 Å². The molecule has 0 bridgehead atoms. The summed E-state index contributed by atoms with van der Waals surface area (Å²) in [6.07, 6.45) is 1.91. The number of nitrogens with zero attached hydrogens (tertiary/aromatic N) is 2. The van der Waals surface area contributed by atoms with Crippen LogP contribution in [-0.4, -0.2) is 17.1 Å². The molecule has 0 aliphatic rings. The smallest absolute Gasteiger partial charge is 0.159 e. The number of anilines is 1. The van der Waals surface area contributed by atoms with Gasteiger partial charge in [-0.05, 0) is 20.3 Å². The molecule has 0 aliphatic carbocycles. The lowest BCUT2D eigenvalue weighted by atomic mass is 10.1. The highest BCUT2D eigenvalue weighted by Gasteiger charge is 2.15. The zero-order valence-corrected chi connectivity index (χ0v) is 9.87. The summed E-state index contributed by atoms with van der Waals surface area (Å²) in [5, 5.41) is 0. The molecule has 0 spiro atoms. The molecular weight excluding hydrogens is 190 g/mol. The summed E-state index contributed by atoms with van der Waals surface area (Å²) in [6.45, 7) is 5.97. The molecule has 1 aromatic rings. The lowest BCUT2D eigenvalue weighted by Gasteiger charge is -2.14. The van der Waals surface area contributed by atoms with Crippen LogP contribution >= 0.6 is 0 Å². The maximum absolute atomic E-state index is 5.80. The third-order valence-electron chi connectivity index (χ3n) is 2.57. The summed E-state index contributed by atoms with van der Waals surface area (Å²) in [6, 6.07) is 0. The second kappa shape index (κ2) is 5.07. The predicted molar refractivity (Wildman–Crippen MR) is 60.6 cm³/mol. The molecule has 1 atom stereocenters. The maximum Gasteiger partial charge on any atom is 0.159 e. The van der Waals surface area contributed by atoms with Gasteiger partial charge in [0.25, 0.3) is 0 Å². The van der Waals surface area contributed by atoms with Gasteiger partial charge in [-0.25, -0.2) is 9.97 Å². The molecule has 0 aliphatic heterocycles. The van der Waals surface area contributed by atoms with Crippen LogP contribution in [0.4, 0.5) is 5.82 Å². The number of aromatic nitrogens is 2. The fourth-order valence-electron chi connectivity index (χ4n) is 1.43. The van der Waals surface area contributed by atoms with Crippen LogP contribution in [0.5, 0.6) is 0 Å². The van der Waals surface area contributed by atoms with E-state index in [4.69, 9.17) is 10.5 Å². The van der Waals surface area contributed by atoms with Gasteiger partial charge in [-0.2, -0.15) is 0 Å². The molecule has 1 aromatic heterocycles. The van der Waals surface area contributed by atoms with Crippen molar-refractivity contribution in [3.05, 3.63) is 17.1 Å². The van der Waals surface area contributed by atoms with Crippen LogP contribution in [0.15, 0.2) is 0 Å². The Morgan fingerprint density at radius 2 is 2.00 bits per heavy atom. The Labute approximate surface area is 90.9 Å². The molecule has 84 valence electrons. The fourth-order valence-corrected chi connectivity index (χ4v) is 1.43. The highest BCUT2D eigenvalue weighted by atomic mass is 16.5. The van der Waals surface area contributed by atoms with Gasteiger partial charge in [-0.3, -0.25) is 0 Å². The van der Waals surface area contributed by atoms with Crippen LogP contribution in [0.1, 0.15) is 43.0 Å². The summed E-state index contributed by atoms with van der Waals surface area (Å²) in [4.78, 5) is 8.67. The normalized spacial score (nSPS) is 12.8. The third-order valence-corrected chi connectivity index (χ3v) is 2.57. The SMILES string of the molecule is CCCC(OC)c1nc(C)c(C)c(N)n1. The quantitative estimate of drug-likeness (QED) is 0.825. The van der Waals surface area contributed by atoms with Crippen LogP contribution < -0.4 is 5.73 Å². The number of hydrogen-bond donors (Lipinski definition) is 1. The Hall–Kier alpha value is -1.16. The average Bonchev–Trinajstić information content (AvgIpc) is 2.22. The van der Waals surface area contributed by atoms with Crippen LogP contribution in [0, 0.1) is 13.8 Å². The number of nitrogens with two attached hydrogens (primary N) is 1. The van der Waals surface area contributed by atoms with E-state index in [9.17, 15) is 0 Å². The molecular formula is C11H19N3O. The number of ether oxygens (including phenoxy) is 1. The number of aryl methyl sites for hydroxylation is 1. The monoisotopic (exact) mass is 209 g/mol. The number of rotatable bonds is 4. The minimum atomic E-state index is -0.0448. The van der Waals surface area contributed by atoms with E-state index >= 15 is 0 Å². The van der Waals surface area contributed by atoms with Gasteiger partial charge in [0.2, 0.25) is 0 Å². The van der Waals surface area contributed by atoms with Gasteiger partial charge in [-0.1, -0.05) is 13.3 Å². The van der Waals surface area contributed by atoms with Crippen LogP contribution in [0.25, 0.3) is 0 Å². The third kappa shape index (κ3) is 2.65. The first-order valence-corrected chi connectivity index (χ1v) is 5.23. The molecule has 1 heterocycles. The van der Waals surface area contributed by atoms with E-state index in [0.29, 0.717) is 11.6 Å². The van der Waals surface area contributed by atoms with Gasteiger partial charge < -0.3 is 10.5 Å². The van der Waals surface area contributed by atoms with Gasteiger partial charge in [0.1, 0.15) is 11.9 Å². The van der Waals surface area contributed by atoms with Crippen LogP contribution in [0.3, 0.4) is 0 Å². The first-order chi connectivity index (χ1) is 7.10. The van der Waals surface area contributed by atoms with E-state index in [-0.39, 0.29) is 6.10 Å². The second-order valence-electron chi connectivity index (χ2n) is 3.69. The number of methoxy groups -OCH3 is 1. The molecule has 4 heteroatoms. The van der Waals surface area contributed by atoms with E-state index < -0.39 is 0 Å². The highest BCUT2D eigenvalue weighted by molar-refractivity contribution is 5.40. The van der Waals surface area contributed by atoms with Crippen molar-refractivity contribution in [2.24, 2.45) is 0 Å². The molecule has 0 fully saturated rings. The van der Waals surface area contributed by atoms with E-state index in [1.54, 1.807) is 7.11 Å². The lowest BCUT2D eigenvalue weighted by Crippen LogP contribution is -2.11. The maximum atomic E-state index is 5.80. The van der Waals surface area contributed by atoms with Gasteiger partial charge in [0, 0.05) is 18.4 Å². The van der Waals surface area contributed by atoms with Crippen molar-refractivity contribution < 1.29 is 4.74 Å². The molecule has 15 heavy (non-hydrogen) atoms. The lowest BCUT2D eigenvalue weighted by molar-refractivity contribution is 0.0875. The molecule has 0 saturated carbocycles. The van der Waals surface area contributed by atoms with Crippen molar-refractivity contribution >= 4 is 5.82 Å². The van der Waals surface area contributed by atoms with Crippen molar-refractivity contribution in [1.29, 1.82) is 0 Å². The molecule has 1 rings (SSSR count). The first-order valence-electron chi connectivity index (χ1n) is 5.23. The molecule has 4 nitrogen and oxygen atoms in total. The van der Waals surface area contributed by atoms with Gasteiger partial charge in [0.15, 0.2) is 5.82 Å². The van der Waals surface area contributed by atoms with E-state index in [1.165, 1.54) is 0 Å². The molecule has 2 N–H and O–H groups in total. The first kappa shape index (κ1) is 11.9. The minimum Gasteiger partial charge on any atom is -0.383 e. The molecule has 0 radical (unpaired) electrons. The fraction of sp³-hybridized carbons (Fsp3) is 0.636. The zero-order valence-electron chi connectivity index (χ0n) is 9.87. The Balaban J connectivity index is 3.03. The Kier molecular flexibility index (Phi) is 4.03. The van der Waals surface area contributed by atoms with E-state index in [2.05, 4.69) is 16.9 Å². The highest BCUT2D eigenvalue weighted by Crippen LogP contribution is 2.21. The van der Waals surface area contributed by atoms with Gasteiger partial charge in [-0.15, -0.1) is 0 Å². The molecule has 1 unspecified atom stereocenters. The summed E-state index contributed by atoms with van der Waals surface area (Å²) in [5.74, 6) is 1.25. The van der Waals surface area contributed by atoms with Gasteiger partial charge in [0.05, 0.1) is 0 Å². The average molecular weight is 209 g/mol. The van der Waals surface area contributed by atoms with Crippen molar-refractivity contribution in [2.45, 2.75) is 39.7 Å². The number of nitrogen functional groups attached to an aromatic ring is 1. The molecule has 0 saturated heterocycles. The van der Waals surface area contributed by atoms with Crippen molar-refractivity contribution in [1.82, 2.24) is 9.97 Å². The van der Waals surface area contributed by atoms with Crippen molar-refractivity contribution in [2.75, 3.05) is 12.8 Å². The topological polar surface area (TPSA) is 61.0 Å². The Morgan fingerprint density at radius 3 is 2.47 bits per heavy atom. The van der Waals surface area contributed by atoms with Gasteiger partial charge >= 0.3 is 0 Å². The molecule has 0 aromatic carbocycles. The minimum absolute atomic E-state index is 0.0448. The summed E-state index contributed by atoms with van der Waals surface area (Å²) < 4.78 is 5.35. The predicted octanol–water partition coefficient (Wildman–Crippen LogP) is 2.16. The zero-order chi connectivity index (χ0) is 11.4. The number of hydrogen-bond acceptors (Lipinski definition) is 4. The Morgan fingerprint density at radius 1 is 1.33 bits per heavy atom. The van der Waals surface area contributed by atoms with Crippen molar-refractivity contribution in [3.63, 3.8) is 0 Å². The summed E-state index contributed by atoms with van der Waals surface area (Å²) in [7, 11) is 1.68.